The summed E-state index contributed by atoms with van der Waals surface area (Å²) >= 11 is 1.61. The Kier molecular flexibility index (Phi) is 5.26. The first-order valence-electron chi connectivity index (χ1n) is 9.56. The first-order valence-corrected chi connectivity index (χ1v) is 10.4. The van der Waals surface area contributed by atoms with E-state index in [1.807, 2.05) is 0 Å². The Bertz CT molecular complexity index is 1100. The standard InChI is InChI=1S/C21H22FN3O2S/c1-12-6-7-13(10-15(12)22)11-23-18(26)9-8-17-24-20(27)19-14-4-2-3-5-16(14)28-21(19)25-17/h6-7,10H,2-5,8-9,11H2,1H3,(H,23,26)(H,24,25,27). The SMILES string of the molecule is Cc1ccc(CNC(=O)CCc2nc3sc4c(c3c(=O)[nH]2)CCCC4)cc1F. The quantitative estimate of drug-likeness (QED) is 0.689. The van der Waals surface area contributed by atoms with Crippen LogP contribution in [0.25, 0.3) is 10.2 Å². The fourth-order valence-electron chi connectivity index (χ4n) is 3.59. The van der Waals surface area contributed by atoms with Crippen LogP contribution in [0.3, 0.4) is 0 Å². The van der Waals surface area contributed by atoms with Gasteiger partial charge in [0.05, 0.1) is 5.39 Å². The largest absolute Gasteiger partial charge is 0.352 e. The highest BCUT2D eigenvalue weighted by Crippen LogP contribution is 2.33. The summed E-state index contributed by atoms with van der Waals surface area (Å²) in [4.78, 5) is 34.1. The van der Waals surface area contributed by atoms with Crippen molar-refractivity contribution < 1.29 is 9.18 Å². The van der Waals surface area contributed by atoms with Crippen molar-refractivity contribution in [2.75, 3.05) is 0 Å². The molecule has 0 bridgehead atoms. The second kappa shape index (κ2) is 7.83. The van der Waals surface area contributed by atoms with Gasteiger partial charge in [-0.3, -0.25) is 9.59 Å². The van der Waals surface area contributed by atoms with Crippen LogP contribution in [0.2, 0.25) is 0 Å². The number of carbonyl (C=O) groups excluding carboxylic acids is 1. The molecule has 2 heterocycles. The fourth-order valence-corrected chi connectivity index (χ4v) is 4.88. The van der Waals surface area contributed by atoms with Crippen molar-refractivity contribution in [1.29, 1.82) is 0 Å². The maximum atomic E-state index is 13.6. The molecule has 5 nitrogen and oxygen atoms in total. The number of nitrogens with zero attached hydrogens (tertiary/aromatic N) is 1. The molecule has 3 aromatic rings. The van der Waals surface area contributed by atoms with Gasteiger partial charge in [-0.25, -0.2) is 9.37 Å². The van der Waals surface area contributed by atoms with Gasteiger partial charge in [-0.05, 0) is 55.4 Å². The number of benzene rings is 1. The number of hydrogen-bond acceptors (Lipinski definition) is 4. The van der Waals surface area contributed by atoms with E-state index < -0.39 is 0 Å². The smallest absolute Gasteiger partial charge is 0.259 e. The van der Waals surface area contributed by atoms with Gasteiger partial charge in [-0.2, -0.15) is 0 Å². The average molecular weight is 399 g/mol. The molecule has 0 fully saturated rings. The molecule has 2 aromatic heterocycles. The van der Waals surface area contributed by atoms with Crippen molar-refractivity contribution >= 4 is 27.5 Å². The van der Waals surface area contributed by atoms with Crippen molar-refractivity contribution in [3.63, 3.8) is 0 Å². The summed E-state index contributed by atoms with van der Waals surface area (Å²) in [6.07, 6.45) is 4.82. The number of thiophene rings is 1. The van der Waals surface area contributed by atoms with Gasteiger partial charge in [0.1, 0.15) is 16.5 Å². The van der Waals surface area contributed by atoms with E-state index in [9.17, 15) is 14.0 Å². The number of hydrogen-bond donors (Lipinski definition) is 2. The number of H-pyrrole nitrogens is 1. The number of aromatic nitrogens is 2. The molecule has 7 heteroatoms. The Labute approximate surface area is 166 Å². The third-order valence-electron chi connectivity index (χ3n) is 5.19. The van der Waals surface area contributed by atoms with E-state index in [2.05, 4.69) is 15.3 Å². The van der Waals surface area contributed by atoms with Crippen molar-refractivity contribution in [3.8, 4) is 0 Å². The average Bonchev–Trinajstić information content (AvgIpc) is 3.06. The topological polar surface area (TPSA) is 74.8 Å². The Balaban J connectivity index is 1.40. The Morgan fingerprint density at radius 3 is 2.96 bits per heavy atom. The Morgan fingerprint density at radius 2 is 2.14 bits per heavy atom. The molecule has 0 spiro atoms. The number of rotatable bonds is 5. The van der Waals surface area contributed by atoms with E-state index in [4.69, 9.17) is 0 Å². The van der Waals surface area contributed by atoms with E-state index in [0.29, 0.717) is 23.4 Å². The van der Waals surface area contributed by atoms with Gasteiger partial charge < -0.3 is 10.3 Å². The summed E-state index contributed by atoms with van der Waals surface area (Å²) in [5.74, 6) is 0.0994. The number of fused-ring (bicyclic) bond motifs is 3. The summed E-state index contributed by atoms with van der Waals surface area (Å²) < 4.78 is 13.6. The lowest BCUT2D eigenvalue weighted by Gasteiger charge is -2.09. The lowest BCUT2D eigenvalue weighted by atomic mass is 9.97. The molecule has 1 amide bonds. The predicted molar refractivity (Wildman–Crippen MR) is 108 cm³/mol. The highest BCUT2D eigenvalue weighted by atomic mass is 32.1. The third-order valence-corrected chi connectivity index (χ3v) is 6.37. The molecule has 1 aromatic carbocycles. The zero-order valence-electron chi connectivity index (χ0n) is 15.7. The molecule has 146 valence electrons. The lowest BCUT2D eigenvalue weighted by Crippen LogP contribution is -2.24. The molecular weight excluding hydrogens is 377 g/mol. The Hall–Kier alpha value is -2.54. The van der Waals surface area contributed by atoms with Crippen LogP contribution in [0.5, 0.6) is 0 Å². The summed E-state index contributed by atoms with van der Waals surface area (Å²) in [5.41, 5.74) is 2.36. The highest BCUT2D eigenvalue weighted by molar-refractivity contribution is 7.18. The molecule has 0 atom stereocenters. The third kappa shape index (κ3) is 3.85. The normalized spacial score (nSPS) is 13.5. The molecule has 2 N–H and O–H groups in total. The first-order chi connectivity index (χ1) is 13.5. The molecule has 0 unspecified atom stereocenters. The van der Waals surface area contributed by atoms with Crippen LogP contribution in [0.15, 0.2) is 23.0 Å². The minimum Gasteiger partial charge on any atom is -0.352 e. The zero-order valence-corrected chi connectivity index (χ0v) is 16.5. The van der Waals surface area contributed by atoms with E-state index in [1.54, 1.807) is 30.4 Å². The fraction of sp³-hybridized carbons (Fsp3) is 0.381. The predicted octanol–water partition coefficient (Wildman–Crippen LogP) is 3.56. The van der Waals surface area contributed by atoms with Crippen molar-refractivity contribution in [2.45, 2.75) is 52.0 Å². The summed E-state index contributed by atoms with van der Waals surface area (Å²) in [6.45, 7) is 1.98. The number of carbonyl (C=O) groups is 1. The van der Waals surface area contributed by atoms with Gasteiger partial charge in [-0.1, -0.05) is 12.1 Å². The summed E-state index contributed by atoms with van der Waals surface area (Å²) in [7, 11) is 0. The van der Waals surface area contributed by atoms with Crippen LogP contribution in [-0.2, 0) is 30.6 Å². The number of amides is 1. The molecule has 4 rings (SSSR count). The van der Waals surface area contributed by atoms with E-state index in [0.717, 1.165) is 41.5 Å². The Morgan fingerprint density at radius 1 is 1.32 bits per heavy atom. The molecule has 0 aliphatic heterocycles. The molecular formula is C21H22FN3O2S. The van der Waals surface area contributed by atoms with Crippen molar-refractivity contribution in [2.24, 2.45) is 0 Å². The van der Waals surface area contributed by atoms with Gasteiger partial charge in [0.25, 0.3) is 5.56 Å². The molecule has 0 saturated carbocycles. The first kappa shape index (κ1) is 18.8. The molecule has 0 radical (unpaired) electrons. The minimum absolute atomic E-state index is 0.102. The highest BCUT2D eigenvalue weighted by Gasteiger charge is 2.19. The van der Waals surface area contributed by atoms with Crippen LogP contribution in [0.1, 0.15) is 46.7 Å². The second-order valence-corrected chi connectivity index (χ2v) is 8.35. The van der Waals surface area contributed by atoms with Gasteiger partial charge in [0.2, 0.25) is 5.91 Å². The lowest BCUT2D eigenvalue weighted by molar-refractivity contribution is -0.121. The number of aryl methyl sites for hydroxylation is 4. The number of aromatic amines is 1. The molecule has 1 aliphatic carbocycles. The van der Waals surface area contributed by atoms with Crippen LogP contribution in [0.4, 0.5) is 4.39 Å². The summed E-state index contributed by atoms with van der Waals surface area (Å²) in [5, 5.41) is 3.52. The molecule has 28 heavy (non-hydrogen) atoms. The van der Waals surface area contributed by atoms with Crippen LogP contribution >= 0.6 is 11.3 Å². The van der Waals surface area contributed by atoms with Gasteiger partial charge >= 0.3 is 0 Å². The zero-order chi connectivity index (χ0) is 19.7. The van der Waals surface area contributed by atoms with Gasteiger partial charge in [0.15, 0.2) is 0 Å². The van der Waals surface area contributed by atoms with Crippen LogP contribution in [-0.4, -0.2) is 15.9 Å². The molecule has 1 aliphatic rings. The van der Waals surface area contributed by atoms with Gasteiger partial charge in [-0.15, -0.1) is 11.3 Å². The van der Waals surface area contributed by atoms with E-state index in [-0.39, 0.29) is 30.2 Å². The van der Waals surface area contributed by atoms with Crippen molar-refractivity contribution in [3.05, 3.63) is 61.8 Å². The van der Waals surface area contributed by atoms with E-state index >= 15 is 0 Å². The minimum atomic E-state index is -0.277. The van der Waals surface area contributed by atoms with Crippen molar-refractivity contribution in [1.82, 2.24) is 15.3 Å². The maximum Gasteiger partial charge on any atom is 0.259 e. The van der Waals surface area contributed by atoms with Gasteiger partial charge in [0, 0.05) is 24.3 Å². The van der Waals surface area contributed by atoms with E-state index in [1.165, 1.54) is 10.9 Å². The number of nitrogens with one attached hydrogen (secondary N) is 2. The van der Waals surface area contributed by atoms with Crippen LogP contribution in [0, 0.1) is 12.7 Å². The van der Waals surface area contributed by atoms with Crippen LogP contribution < -0.4 is 10.9 Å². The summed E-state index contributed by atoms with van der Waals surface area (Å²) in [6, 6.07) is 4.92. The monoisotopic (exact) mass is 399 g/mol. The second-order valence-electron chi connectivity index (χ2n) is 7.26. The number of halogens is 1. The molecule has 0 saturated heterocycles. The maximum absolute atomic E-state index is 13.6.